The first kappa shape index (κ1) is 20.2. The van der Waals surface area contributed by atoms with Crippen molar-refractivity contribution in [1.82, 2.24) is 20.8 Å². The summed E-state index contributed by atoms with van der Waals surface area (Å²) in [6, 6.07) is 5.63. The van der Waals surface area contributed by atoms with Crippen LogP contribution >= 0.6 is 23.1 Å². The molecular formula is C17H23N5O2S2. The lowest BCUT2D eigenvalue weighted by Crippen LogP contribution is -2.43. The highest BCUT2D eigenvalue weighted by molar-refractivity contribution is 8.01. The number of hydrogen-bond donors (Lipinski definition) is 3. The van der Waals surface area contributed by atoms with Crippen LogP contribution in [0.5, 0.6) is 0 Å². The molecule has 0 spiro atoms. The maximum atomic E-state index is 11.8. The van der Waals surface area contributed by atoms with Crippen molar-refractivity contribution < 1.29 is 9.59 Å². The Morgan fingerprint density at radius 3 is 2.69 bits per heavy atom. The summed E-state index contributed by atoms with van der Waals surface area (Å²) in [5, 5.41) is 17.0. The van der Waals surface area contributed by atoms with Crippen molar-refractivity contribution in [1.29, 1.82) is 0 Å². The second-order valence-electron chi connectivity index (χ2n) is 5.92. The predicted octanol–water partition coefficient (Wildman–Crippen LogP) is 3.61. The molecule has 1 aromatic carbocycles. The lowest BCUT2D eigenvalue weighted by molar-refractivity contribution is -0.117. The number of hydrogen-bond acceptors (Lipinski definition) is 7. The SMILES string of the molecule is CC[C@H](C)NC(=O)NC(=O)CSc1nnc(Nc2ccc(C)c(C)c2)s1. The quantitative estimate of drug-likeness (QED) is 0.622. The second kappa shape index (κ2) is 9.54. The third-order valence-electron chi connectivity index (χ3n) is 3.73. The molecular weight excluding hydrogens is 370 g/mol. The van der Waals surface area contributed by atoms with Crippen LogP contribution in [0.3, 0.4) is 0 Å². The first-order chi connectivity index (χ1) is 12.4. The van der Waals surface area contributed by atoms with Crippen LogP contribution in [-0.4, -0.2) is 33.9 Å². The number of nitrogens with one attached hydrogen (secondary N) is 3. The van der Waals surface area contributed by atoms with Gasteiger partial charge in [0.1, 0.15) is 0 Å². The maximum Gasteiger partial charge on any atom is 0.321 e. The largest absolute Gasteiger partial charge is 0.335 e. The van der Waals surface area contributed by atoms with Crippen molar-refractivity contribution in [2.75, 3.05) is 11.1 Å². The number of anilines is 2. The van der Waals surface area contributed by atoms with E-state index in [2.05, 4.69) is 40.0 Å². The van der Waals surface area contributed by atoms with Crippen molar-refractivity contribution in [3.8, 4) is 0 Å². The molecule has 2 aromatic rings. The predicted molar refractivity (Wildman–Crippen MR) is 106 cm³/mol. The van der Waals surface area contributed by atoms with E-state index in [0.717, 1.165) is 12.1 Å². The highest BCUT2D eigenvalue weighted by Crippen LogP contribution is 2.28. The minimum atomic E-state index is -0.473. The van der Waals surface area contributed by atoms with Crippen LogP contribution in [0.15, 0.2) is 22.5 Å². The van der Waals surface area contributed by atoms with Gasteiger partial charge in [0, 0.05) is 11.7 Å². The van der Waals surface area contributed by atoms with E-state index in [4.69, 9.17) is 0 Å². The van der Waals surface area contributed by atoms with E-state index in [-0.39, 0.29) is 17.7 Å². The zero-order valence-corrected chi connectivity index (χ0v) is 16.9. The summed E-state index contributed by atoms with van der Waals surface area (Å²) < 4.78 is 0.661. The van der Waals surface area contributed by atoms with Gasteiger partial charge in [-0.05, 0) is 50.5 Å². The molecule has 0 aliphatic carbocycles. The average Bonchev–Trinajstić information content (AvgIpc) is 3.03. The number of nitrogens with zero attached hydrogens (tertiary/aromatic N) is 2. The smallest absolute Gasteiger partial charge is 0.321 e. The van der Waals surface area contributed by atoms with Crippen LogP contribution in [0.1, 0.15) is 31.4 Å². The molecule has 0 saturated carbocycles. The standard InChI is InChI=1S/C17H23N5O2S2/c1-5-12(4)18-15(24)20-14(23)9-25-17-22-21-16(26-17)19-13-7-6-10(2)11(3)8-13/h6-8,12H,5,9H2,1-4H3,(H,19,21)(H2,18,20,23,24)/t12-/m0/s1. The minimum Gasteiger partial charge on any atom is -0.335 e. The van der Waals surface area contributed by atoms with E-state index in [1.54, 1.807) is 0 Å². The van der Waals surface area contributed by atoms with Gasteiger partial charge in [0.15, 0.2) is 4.34 Å². The fourth-order valence-corrected chi connectivity index (χ4v) is 3.49. The number of carbonyl (C=O) groups excluding carboxylic acids is 2. The highest BCUT2D eigenvalue weighted by atomic mass is 32.2. The number of aryl methyl sites for hydroxylation is 2. The molecule has 140 valence electrons. The third kappa shape index (κ3) is 6.30. The Morgan fingerprint density at radius 1 is 1.23 bits per heavy atom. The monoisotopic (exact) mass is 393 g/mol. The van der Waals surface area contributed by atoms with E-state index < -0.39 is 6.03 Å². The summed E-state index contributed by atoms with van der Waals surface area (Å²) in [4.78, 5) is 23.4. The molecule has 2 rings (SSSR count). The molecule has 26 heavy (non-hydrogen) atoms. The lowest BCUT2D eigenvalue weighted by Gasteiger charge is -2.11. The number of rotatable bonds is 7. The number of aromatic nitrogens is 2. The second-order valence-corrected chi connectivity index (χ2v) is 8.12. The van der Waals surface area contributed by atoms with Gasteiger partial charge in [-0.3, -0.25) is 10.1 Å². The van der Waals surface area contributed by atoms with Crippen molar-refractivity contribution in [2.24, 2.45) is 0 Å². The Morgan fingerprint density at radius 2 is 2.00 bits per heavy atom. The van der Waals surface area contributed by atoms with Gasteiger partial charge >= 0.3 is 6.03 Å². The molecule has 0 bridgehead atoms. The van der Waals surface area contributed by atoms with Crippen LogP contribution in [0.2, 0.25) is 0 Å². The van der Waals surface area contributed by atoms with Crippen LogP contribution < -0.4 is 16.0 Å². The van der Waals surface area contributed by atoms with Gasteiger partial charge in [-0.2, -0.15) is 0 Å². The van der Waals surface area contributed by atoms with Crippen LogP contribution in [-0.2, 0) is 4.79 Å². The fourth-order valence-electron chi connectivity index (χ4n) is 1.91. The van der Waals surface area contributed by atoms with Gasteiger partial charge in [0.05, 0.1) is 5.75 Å². The summed E-state index contributed by atoms with van der Waals surface area (Å²) in [6.45, 7) is 7.96. The molecule has 1 atom stereocenters. The number of imide groups is 1. The van der Waals surface area contributed by atoms with E-state index >= 15 is 0 Å². The fraction of sp³-hybridized carbons (Fsp3) is 0.412. The number of amides is 3. The van der Waals surface area contributed by atoms with E-state index in [9.17, 15) is 9.59 Å². The molecule has 3 amide bonds. The Bertz CT molecular complexity index is 778. The van der Waals surface area contributed by atoms with Gasteiger partial charge in [0.2, 0.25) is 11.0 Å². The van der Waals surface area contributed by atoms with E-state index in [1.165, 1.54) is 34.2 Å². The molecule has 1 heterocycles. The molecule has 7 nitrogen and oxygen atoms in total. The molecule has 0 radical (unpaired) electrons. The molecule has 9 heteroatoms. The summed E-state index contributed by atoms with van der Waals surface area (Å²) in [7, 11) is 0. The summed E-state index contributed by atoms with van der Waals surface area (Å²) in [5.74, 6) is -0.263. The van der Waals surface area contributed by atoms with Gasteiger partial charge in [-0.25, -0.2) is 4.79 Å². The van der Waals surface area contributed by atoms with Crippen LogP contribution in [0, 0.1) is 13.8 Å². The first-order valence-electron chi connectivity index (χ1n) is 8.28. The molecule has 0 saturated heterocycles. The van der Waals surface area contributed by atoms with E-state index in [0.29, 0.717) is 9.47 Å². The Hall–Kier alpha value is -2.13. The number of thioether (sulfide) groups is 1. The van der Waals surface area contributed by atoms with Crippen LogP contribution in [0.4, 0.5) is 15.6 Å². The summed E-state index contributed by atoms with van der Waals surface area (Å²) >= 11 is 2.61. The van der Waals surface area contributed by atoms with Crippen molar-refractivity contribution in [2.45, 2.75) is 44.5 Å². The number of urea groups is 1. The number of carbonyl (C=O) groups is 2. The average molecular weight is 394 g/mol. The van der Waals surface area contributed by atoms with E-state index in [1.807, 2.05) is 32.0 Å². The normalized spacial score (nSPS) is 11.7. The maximum absolute atomic E-state index is 11.8. The molecule has 3 N–H and O–H groups in total. The topological polar surface area (TPSA) is 96.0 Å². The zero-order chi connectivity index (χ0) is 19.1. The van der Waals surface area contributed by atoms with Crippen molar-refractivity contribution >= 4 is 45.9 Å². The summed E-state index contributed by atoms with van der Waals surface area (Å²) in [5.41, 5.74) is 3.37. The Labute approximate surface area is 161 Å². The van der Waals surface area contributed by atoms with Crippen molar-refractivity contribution in [3.63, 3.8) is 0 Å². The van der Waals surface area contributed by atoms with Crippen LogP contribution in [0.25, 0.3) is 0 Å². The van der Waals surface area contributed by atoms with Gasteiger partial charge in [-0.1, -0.05) is 36.1 Å². The zero-order valence-electron chi connectivity index (χ0n) is 15.3. The Balaban J connectivity index is 1.81. The molecule has 0 unspecified atom stereocenters. The highest BCUT2D eigenvalue weighted by Gasteiger charge is 2.12. The first-order valence-corrected chi connectivity index (χ1v) is 10.1. The molecule has 1 aromatic heterocycles. The van der Waals surface area contributed by atoms with Crippen molar-refractivity contribution in [3.05, 3.63) is 29.3 Å². The minimum absolute atomic E-state index is 0.0256. The summed E-state index contributed by atoms with van der Waals surface area (Å²) in [6.07, 6.45) is 0.803. The third-order valence-corrected chi connectivity index (χ3v) is 5.71. The molecule has 0 aliphatic heterocycles. The Kier molecular flexibility index (Phi) is 7.40. The van der Waals surface area contributed by atoms with Gasteiger partial charge < -0.3 is 10.6 Å². The van der Waals surface area contributed by atoms with Gasteiger partial charge in [0.25, 0.3) is 0 Å². The molecule has 0 aliphatic rings. The lowest BCUT2D eigenvalue weighted by atomic mass is 10.1. The number of benzene rings is 1. The van der Waals surface area contributed by atoms with Gasteiger partial charge in [-0.15, -0.1) is 10.2 Å². The molecule has 0 fully saturated rings.